The lowest BCUT2D eigenvalue weighted by Gasteiger charge is -2.03. The van der Waals surface area contributed by atoms with Crippen molar-refractivity contribution < 1.29 is 19.1 Å². The van der Waals surface area contributed by atoms with E-state index in [9.17, 15) is 9.59 Å². The first-order valence-corrected chi connectivity index (χ1v) is 5.83. The maximum atomic E-state index is 12.1. The third-order valence-electron chi connectivity index (χ3n) is 2.73. The number of aromatic nitrogens is 1. The van der Waals surface area contributed by atoms with E-state index in [0.29, 0.717) is 23.4 Å². The van der Waals surface area contributed by atoms with Crippen molar-refractivity contribution in [2.45, 2.75) is 20.3 Å². The third kappa shape index (κ3) is 2.52. The van der Waals surface area contributed by atoms with Crippen LogP contribution in [0.1, 0.15) is 39.2 Å². The Labute approximate surface area is 109 Å². The number of hydrogen-bond donors (Lipinski definition) is 3. The number of hydrogen-bond acceptors (Lipinski definition) is 3. The number of rotatable bonds is 4. The SMILES string of the molecule is CCc1occc1C(=O)Nc1cc(C)[nH]c1C(=O)O. The monoisotopic (exact) mass is 262 g/mol. The molecular weight excluding hydrogens is 248 g/mol. The number of anilines is 1. The van der Waals surface area contributed by atoms with Gasteiger partial charge in [-0.15, -0.1) is 0 Å². The fourth-order valence-electron chi connectivity index (χ4n) is 1.86. The van der Waals surface area contributed by atoms with Crippen molar-refractivity contribution in [2.24, 2.45) is 0 Å². The number of carboxylic acid groups (broad SMARTS) is 1. The van der Waals surface area contributed by atoms with Crippen LogP contribution in [0.4, 0.5) is 5.69 Å². The Balaban J connectivity index is 2.26. The van der Waals surface area contributed by atoms with Crippen LogP contribution in [0, 0.1) is 6.92 Å². The normalized spacial score (nSPS) is 10.4. The van der Waals surface area contributed by atoms with Crippen LogP contribution < -0.4 is 5.32 Å². The lowest BCUT2D eigenvalue weighted by molar-refractivity contribution is 0.0692. The van der Waals surface area contributed by atoms with E-state index in [0.717, 1.165) is 0 Å². The van der Waals surface area contributed by atoms with Gasteiger partial charge in [0.15, 0.2) is 0 Å². The predicted octanol–water partition coefficient (Wildman–Crippen LogP) is 2.43. The van der Waals surface area contributed by atoms with E-state index >= 15 is 0 Å². The number of furan rings is 1. The highest BCUT2D eigenvalue weighted by Crippen LogP contribution is 2.19. The van der Waals surface area contributed by atoms with Crippen LogP contribution in [-0.4, -0.2) is 22.0 Å². The second-order valence-electron chi connectivity index (χ2n) is 4.11. The van der Waals surface area contributed by atoms with Gasteiger partial charge in [-0.2, -0.15) is 0 Å². The average molecular weight is 262 g/mol. The van der Waals surface area contributed by atoms with E-state index in [1.165, 1.54) is 6.26 Å². The topological polar surface area (TPSA) is 95.3 Å². The second kappa shape index (κ2) is 5.01. The van der Waals surface area contributed by atoms with Gasteiger partial charge in [0.05, 0.1) is 17.5 Å². The summed E-state index contributed by atoms with van der Waals surface area (Å²) in [6.45, 7) is 3.59. The standard InChI is InChI=1S/C13H14N2O4/c1-3-10-8(4-5-19-10)12(16)15-9-6-7(2)14-11(9)13(17)18/h4-6,14H,3H2,1-2H3,(H,15,16)(H,17,18). The molecule has 0 saturated heterocycles. The summed E-state index contributed by atoms with van der Waals surface area (Å²) in [6, 6.07) is 3.14. The molecule has 0 aromatic carbocycles. The number of carbonyl (C=O) groups is 2. The molecular formula is C13H14N2O4. The van der Waals surface area contributed by atoms with Crippen molar-refractivity contribution in [1.29, 1.82) is 0 Å². The van der Waals surface area contributed by atoms with Crippen LogP contribution >= 0.6 is 0 Å². The summed E-state index contributed by atoms with van der Waals surface area (Å²) in [5.74, 6) is -0.931. The Kier molecular flexibility index (Phi) is 3.41. The fourth-order valence-corrected chi connectivity index (χ4v) is 1.86. The van der Waals surface area contributed by atoms with Gasteiger partial charge in [-0.05, 0) is 19.1 Å². The third-order valence-corrected chi connectivity index (χ3v) is 2.73. The van der Waals surface area contributed by atoms with Gasteiger partial charge >= 0.3 is 5.97 Å². The summed E-state index contributed by atoms with van der Waals surface area (Å²) in [5.41, 5.74) is 1.29. The smallest absolute Gasteiger partial charge is 0.354 e. The summed E-state index contributed by atoms with van der Waals surface area (Å²) in [4.78, 5) is 25.8. The van der Waals surface area contributed by atoms with Crippen molar-refractivity contribution in [3.8, 4) is 0 Å². The number of nitrogens with one attached hydrogen (secondary N) is 2. The van der Waals surface area contributed by atoms with Gasteiger partial charge in [-0.3, -0.25) is 4.79 Å². The number of aromatic carboxylic acids is 1. The number of aryl methyl sites for hydroxylation is 2. The highest BCUT2D eigenvalue weighted by molar-refractivity contribution is 6.07. The van der Waals surface area contributed by atoms with E-state index in [4.69, 9.17) is 9.52 Å². The molecule has 6 nitrogen and oxygen atoms in total. The Morgan fingerprint density at radius 1 is 1.47 bits per heavy atom. The molecule has 1 amide bonds. The summed E-state index contributed by atoms with van der Waals surface area (Å²) in [6.07, 6.45) is 2.03. The summed E-state index contributed by atoms with van der Waals surface area (Å²) in [5, 5.41) is 11.6. The number of carbonyl (C=O) groups excluding carboxylic acids is 1. The van der Waals surface area contributed by atoms with E-state index in [1.54, 1.807) is 19.1 Å². The van der Waals surface area contributed by atoms with Crippen LogP contribution in [0.3, 0.4) is 0 Å². The number of carboxylic acids is 1. The van der Waals surface area contributed by atoms with Crippen molar-refractivity contribution in [1.82, 2.24) is 4.98 Å². The molecule has 0 unspecified atom stereocenters. The summed E-state index contributed by atoms with van der Waals surface area (Å²) < 4.78 is 5.17. The Morgan fingerprint density at radius 2 is 2.21 bits per heavy atom. The van der Waals surface area contributed by atoms with Gasteiger partial charge in [0, 0.05) is 12.1 Å². The lowest BCUT2D eigenvalue weighted by Crippen LogP contribution is -2.14. The van der Waals surface area contributed by atoms with E-state index in [-0.39, 0.29) is 17.3 Å². The molecule has 2 heterocycles. The summed E-state index contributed by atoms with van der Waals surface area (Å²) >= 11 is 0. The van der Waals surface area contributed by atoms with Gasteiger partial charge in [0.1, 0.15) is 11.5 Å². The van der Waals surface area contributed by atoms with E-state index < -0.39 is 5.97 Å². The second-order valence-corrected chi connectivity index (χ2v) is 4.11. The maximum Gasteiger partial charge on any atom is 0.354 e. The van der Waals surface area contributed by atoms with E-state index in [2.05, 4.69) is 10.3 Å². The first kappa shape index (κ1) is 12.9. The lowest BCUT2D eigenvalue weighted by atomic mass is 10.2. The van der Waals surface area contributed by atoms with Crippen LogP contribution in [-0.2, 0) is 6.42 Å². The number of amides is 1. The minimum Gasteiger partial charge on any atom is -0.477 e. The zero-order valence-electron chi connectivity index (χ0n) is 10.6. The van der Waals surface area contributed by atoms with Crippen molar-refractivity contribution in [3.63, 3.8) is 0 Å². The Morgan fingerprint density at radius 3 is 2.84 bits per heavy atom. The molecule has 0 radical (unpaired) electrons. The fraction of sp³-hybridized carbons (Fsp3) is 0.231. The minimum atomic E-state index is -1.12. The van der Waals surface area contributed by atoms with Crippen LogP contribution in [0.2, 0.25) is 0 Å². The minimum absolute atomic E-state index is 0.0348. The maximum absolute atomic E-state index is 12.1. The zero-order valence-corrected chi connectivity index (χ0v) is 10.6. The Bertz CT molecular complexity index is 624. The molecule has 3 N–H and O–H groups in total. The first-order valence-electron chi connectivity index (χ1n) is 5.83. The van der Waals surface area contributed by atoms with Gasteiger partial charge in [-0.25, -0.2) is 4.79 Å². The predicted molar refractivity (Wildman–Crippen MR) is 68.5 cm³/mol. The van der Waals surface area contributed by atoms with E-state index in [1.807, 2.05) is 6.92 Å². The quantitative estimate of drug-likeness (QED) is 0.788. The molecule has 0 saturated carbocycles. The molecule has 0 aliphatic heterocycles. The molecule has 2 aromatic heterocycles. The highest BCUT2D eigenvalue weighted by atomic mass is 16.4. The van der Waals surface area contributed by atoms with Gasteiger partial charge in [-0.1, -0.05) is 6.92 Å². The van der Waals surface area contributed by atoms with Crippen molar-refractivity contribution >= 4 is 17.6 Å². The number of aromatic amines is 1. The van der Waals surface area contributed by atoms with Crippen LogP contribution in [0.5, 0.6) is 0 Å². The molecule has 0 spiro atoms. The molecule has 0 bridgehead atoms. The van der Waals surface area contributed by atoms with Gasteiger partial charge in [0.25, 0.3) is 5.91 Å². The van der Waals surface area contributed by atoms with Crippen molar-refractivity contribution in [2.75, 3.05) is 5.32 Å². The van der Waals surface area contributed by atoms with Gasteiger partial charge in [0.2, 0.25) is 0 Å². The molecule has 0 aliphatic carbocycles. The zero-order chi connectivity index (χ0) is 14.0. The molecule has 2 aromatic rings. The molecule has 0 atom stereocenters. The van der Waals surface area contributed by atoms with Gasteiger partial charge < -0.3 is 19.8 Å². The van der Waals surface area contributed by atoms with Crippen LogP contribution in [0.25, 0.3) is 0 Å². The largest absolute Gasteiger partial charge is 0.477 e. The van der Waals surface area contributed by atoms with Crippen LogP contribution in [0.15, 0.2) is 22.8 Å². The first-order chi connectivity index (χ1) is 9.02. The van der Waals surface area contributed by atoms with Crippen molar-refractivity contribution in [3.05, 3.63) is 41.1 Å². The molecule has 100 valence electrons. The molecule has 19 heavy (non-hydrogen) atoms. The Hall–Kier alpha value is -2.50. The molecule has 6 heteroatoms. The number of H-pyrrole nitrogens is 1. The molecule has 2 rings (SSSR count). The summed E-state index contributed by atoms with van der Waals surface area (Å²) in [7, 11) is 0. The molecule has 0 fully saturated rings. The molecule has 0 aliphatic rings. The average Bonchev–Trinajstić information content (AvgIpc) is 2.95. The highest BCUT2D eigenvalue weighted by Gasteiger charge is 2.18.